The van der Waals surface area contributed by atoms with E-state index in [0.29, 0.717) is 11.1 Å². The van der Waals surface area contributed by atoms with Gasteiger partial charge in [-0.2, -0.15) is 22.0 Å². The Labute approximate surface area is 200 Å². The second-order valence-electron chi connectivity index (χ2n) is 8.01. The van der Waals surface area contributed by atoms with Crippen molar-refractivity contribution in [3.8, 4) is 11.5 Å². The molecule has 36 heavy (non-hydrogen) atoms. The summed E-state index contributed by atoms with van der Waals surface area (Å²) in [6.07, 6.45) is -3.95. The van der Waals surface area contributed by atoms with Crippen molar-refractivity contribution in [2.75, 3.05) is 6.61 Å². The first-order chi connectivity index (χ1) is 17.0. The van der Waals surface area contributed by atoms with Crippen LogP contribution in [0, 0.1) is 30.2 Å². The third kappa shape index (κ3) is 4.91. The molecule has 0 saturated heterocycles. The quantitative estimate of drug-likeness (QED) is 0.237. The van der Waals surface area contributed by atoms with Crippen molar-refractivity contribution < 1.29 is 40.6 Å². The van der Waals surface area contributed by atoms with Gasteiger partial charge in [-0.15, -0.1) is 0 Å². The van der Waals surface area contributed by atoms with Crippen LogP contribution in [0.3, 0.4) is 0 Å². The number of rotatable bonds is 6. The minimum Gasteiger partial charge on any atom is -0.505 e. The summed E-state index contributed by atoms with van der Waals surface area (Å²) in [5.41, 5.74) is -0.366. The molecule has 0 bridgehead atoms. The first-order valence-corrected chi connectivity index (χ1v) is 10.5. The van der Waals surface area contributed by atoms with Gasteiger partial charge in [-0.1, -0.05) is 24.3 Å². The number of fused-ring (bicyclic) bond motifs is 1. The lowest BCUT2D eigenvalue weighted by Crippen LogP contribution is -2.22. The molecule has 1 atom stereocenters. The molecule has 188 valence electrons. The largest absolute Gasteiger partial charge is 0.505 e. The maximum atomic E-state index is 15.2. The smallest absolute Gasteiger partial charge is 0.422 e. The predicted molar refractivity (Wildman–Crippen MR) is 116 cm³/mol. The Kier molecular flexibility index (Phi) is 6.75. The van der Waals surface area contributed by atoms with Crippen LogP contribution < -0.4 is 4.74 Å². The molecule has 0 amide bonds. The molecule has 0 aliphatic rings. The third-order valence-corrected chi connectivity index (χ3v) is 5.50. The maximum Gasteiger partial charge on any atom is 0.422 e. The number of halogens is 7. The van der Waals surface area contributed by atoms with E-state index < -0.39 is 59.0 Å². The van der Waals surface area contributed by atoms with Gasteiger partial charge >= 0.3 is 6.18 Å². The summed E-state index contributed by atoms with van der Waals surface area (Å²) in [4.78, 5) is 8.31. The summed E-state index contributed by atoms with van der Waals surface area (Å²) >= 11 is 0. The zero-order valence-corrected chi connectivity index (χ0v) is 18.5. The highest BCUT2D eigenvalue weighted by Gasteiger charge is 2.36. The highest BCUT2D eigenvalue weighted by Crippen LogP contribution is 2.42. The fourth-order valence-corrected chi connectivity index (χ4v) is 3.93. The van der Waals surface area contributed by atoms with Crippen LogP contribution in [0.25, 0.3) is 10.9 Å². The van der Waals surface area contributed by atoms with Crippen molar-refractivity contribution in [2.45, 2.75) is 25.4 Å². The molecule has 1 N–H and O–H groups in total. The van der Waals surface area contributed by atoms with Gasteiger partial charge in [0.15, 0.2) is 24.0 Å². The number of hydrogen-bond acceptors (Lipinski definition) is 4. The van der Waals surface area contributed by atoms with Gasteiger partial charge in [-0.3, -0.25) is 9.97 Å². The molecule has 2 aromatic carbocycles. The Balaban J connectivity index is 1.92. The van der Waals surface area contributed by atoms with Crippen LogP contribution >= 0.6 is 0 Å². The van der Waals surface area contributed by atoms with Crippen LogP contribution in [0.5, 0.6) is 11.5 Å². The van der Waals surface area contributed by atoms with E-state index in [1.54, 1.807) is 31.2 Å². The minimum absolute atomic E-state index is 0.0732. The standard InChI is InChI=1S/C25H17F7N2O2/c1-12-4-2-6-14(34-12)10-16(15-8-7-13-5-3-9-33-22(13)23(15)35)17-18(26)20(28)24(21(29)19(17)27)36-11-25(30,31)32/h2-9,16,35H,10-11H2,1H3. The number of nitrogens with zero attached hydrogens (tertiary/aromatic N) is 2. The lowest BCUT2D eigenvalue weighted by molar-refractivity contribution is -0.154. The number of phenols is 1. The molecule has 2 aromatic heterocycles. The summed E-state index contributed by atoms with van der Waals surface area (Å²) < 4.78 is 101. The lowest BCUT2D eigenvalue weighted by atomic mass is 9.85. The molecule has 4 aromatic rings. The van der Waals surface area contributed by atoms with E-state index in [0.717, 1.165) is 0 Å². The highest BCUT2D eigenvalue weighted by atomic mass is 19.4. The Hall–Kier alpha value is -3.89. The van der Waals surface area contributed by atoms with Crippen LogP contribution in [0.1, 0.15) is 28.4 Å². The highest BCUT2D eigenvalue weighted by molar-refractivity contribution is 5.85. The average Bonchev–Trinajstić information content (AvgIpc) is 2.82. The molecule has 0 fully saturated rings. The number of aryl methyl sites for hydroxylation is 1. The maximum absolute atomic E-state index is 15.2. The van der Waals surface area contributed by atoms with Gasteiger partial charge < -0.3 is 9.84 Å². The Morgan fingerprint density at radius 3 is 2.25 bits per heavy atom. The molecule has 1 unspecified atom stereocenters. The van der Waals surface area contributed by atoms with Crippen molar-refractivity contribution in [1.29, 1.82) is 0 Å². The summed E-state index contributed by atoms with van der Waals surface area (Å²) in [5, 5.41) is 11.4. The van der Waals surface area contributed by atoms with Crippen molar-refractivity contribution in [1.82, 2.24) is 9.97 Å². The van der Waals surface area contributed by atoms with Crippen LogP contribution in [0.2, 0.25) is 0 Å². The van der Waals surface area contributed by atoms with E-state index in [2.05, 4.69) is 14.7 Å². The summed E-state index contributed by atoms with van der Waals surface area (Å²) in [6.45, 7) is -0.504. The molecule has 2 heterocycles. The van der Waals surface area contributed by atoms with Gasteiger partial charge in [0.05, 0.1) is 0 Å². The Morgan fingerprint density at radius 2 is 1.61 bits per heavy atom. The van der Waals surface area contributed by atoms with E-state index >= 15 is 8.78 Å². The molecule has 11 heteroatoms. The van der Waals surface area contributed by atoms with Crippen LogP contribution in [-0.4, -0.2) is 27.9 Å². The topological polar surface area (TPSA) is 55.2 Å². The lowest BCUT2D eigenvalue weighted by Gasteiger charge is -2.22. The summed E-state index contributed by atoms with van der Waals surface area (Å²) in [7, 11) is 0. The zero-order valence-electron chi connectivity index (χ0n) is 18.5. The predicted octanol–water partition coefficient (Wildman–Crippen LogP) is 6.52. The van der Waals surface area contributed by atoms with E-state index in [4.69, 9.17) is 0 Å². The van der Waals surface area contributed by atoms with Gasteiger partial charge in [-0.05, 0) is 25.1 Å². The summed E-state index contributed by atoms with van der Waals surface area (Å²) in [6, 6.07) is 10.8. The zero-order chi connectivity index (χ0) is 26.2. The number of aromatic nitrogens is 2. The Morgan fingerprint density at radius 1 is 0.917 bits per heavy atom. The van der Waals surface area contributed by atoms with Gasteiger partial charge in [0.1, 0.15) is 11.3 Å². The molecular weight excluding hydrogens is 493 g/mol. The van der Waals surface area contributed by atoms with Crippen molar-refractivity contribution >= 4 is 10.9 Å². The van der Waals surface area contributed by atoms with Gasteiger partial charge in [0.25, 0.3) is 0 Å². The fourth-order valence-electron chi connectivity index (χ4n) is 3.93. The van der Waals surface area contributed by atoms with Crippen molar-refractivity contribution in [3.05, 3.63) is 94.4 Å². The van der Waals surface area contributed by atoms with Crippen LogP contribution in [-0.2, 0) is 6.42 Å². The molecule has 4 nitrogen and oxygen atoms in total. The second-order valence-corrected chi connectivity index (χ2v) is 8.01. The van der Waals surface area contributed by atoms with E-state index in [1.165, 1.54) is 24.4 Å². The van der Waals surface area contributed by atoms with Crippen LogP contribution in [0.15, 0.2) is 48.7 Å². The SMILES string of the molecule is Cc1cccc(CC(c2ccc3cccnc3c2O)c2c(F)c(F)c(OCC(F)(F)F)c(F)c2F)n1. The molecule has 0 aliphatic carbocycles. The number of benzene rings is 2. The summed E-state index contributed by atoms with van der Waals surface area (Å²) in [5.74, 6) is -12.0. The van der Waals surface area contributed by atoms with Crippen molar-refractivity contribution in [2.24, 2.45) is 0 Å². The molecule has 4 rings (SSSR count). The van der Waals surface area contributed by atoms with Crippen LogP contribution in [0.4, 0.5) is 30.7 Å². The first-order valence-electron chi connectivity index (χ1n) is 10.5. The number of ether oxygens (including phenoxy) is 1. The fraction of sp³-hybridized carbons (Fsp3) is 0.200. The van der Waals surface area contributed by atoms with E-state index in [1.807, 2.05) is 0 Å². The number of alkyl halides is 3. The van der Waals surface area contributed by atoms with Crippen molar-refractivity contribution in [3.63, 3.8) is 0 Å². The molecule has 0 spiro atoms. The van der Waals surface area contributed by atoms with E-state index in [-0.39, 0.29) is 23.2 Å². The first kappa shape index (κ1) is 25.2. The average molecular weight is 510 g/mol. The number of phenolic OH excluding ortho intramolecular Hbond substituents is 1. The van der Waals surface area contributed by atoms with Gasteiger partial charge in [-0.25, -0.2) is 8.78 Å². The number of pyridine rings is 2. The monoisotopic (exact) mass is 510 g/mol. The minimum atomic E-state index is -5.01. The number of hydrogen-bond donors (Lipinski definition) is 1. The van der Waals surface area contributed by atoms with E-state index in [9.17, 15) is 27.1 Å². The molecule has 0 saturated carbocycles. The third-order valence-electron chi connectivity index (χ3n) is 5.50. The molecule has 0 radical (unpaired) electrons. The second kappa shape index (κ2) is 9.63. The molecule has 0 aliphatic heterocycles. The normalized spacial score (nSPS) is 12.7. The van der Waals surface area contributed by atoms with Gasteiger partial charge in [0, 0.05) is 46.4 Å². The Bertz CT molecular complexity index is 1410. The number of aromatic hydroxyl groups is 1. The molecular formula is C25H17F7N2O2. The van der Waals surface area contributed by atoms with Gasteiger partial charge in [0.2, 0.25) is 11.6 Å².